The van der Waals surface area contributed by atoms with E-state index in [9.17, 15) is 13.2 Å². The maximum absolute atomic E-state index is 12.1. The topological polar surface area (TPSA) is 81.7 Å². The third-order valence-electron chi connectivity index (χ3n) is 5.04. The molecule has 0 bridgehead atoms. The molecule has 1 unspecified atom stereocenters. The van der Waals surface area contributed by atoms with Crippen molar-refractivity contribution in [3.8, 4) is 0 Å². The van der Waals surface area contributed by atoms with Gasteiger partial charge in [-0.05, 0) is 70.3 Å². The van der Waals surface area contributed by atoms with Crippen LogP contribution < -0.4 is 5.32 Å². The van der Waals surface area contributed by atoms with Crippen molar-refractivity contribution in [3.05, 3.63) is 23.3 Å². The van der Waals surface area contributed by atoms with Crippen LogP contribution in [-0.4, -0.2) is 39.0 Å². The van der Waals surface area contributed by atoms with Gasteiger partial charge in [0.15, 0.2) is 0 Å². The van der Waals surface area contributed by atoms with Gasteiger partial charge in [0.05, 0.1) is 12.4 Å². The van der Waals surface area contributed by atoms with Gasteiger partial charge in [-0.25, -0.2) is 4.79 Å². The number of nitrogens with one attached hydrogen (secondary N) is 1. The molecule has 0 spiro atoms. The fourth-order valence-electron chi connectivity index (χ4n) is 3.81. The van der Waals surface area contributed by atoms with Gasteiger partial charge in [-0.2, -0.15) is 8.42 Å². The van der Waals surface area contributed by atoms with Crippen LogP contribution in [0.1, 0.15) is 52.9 Å². The summed E-state index contributed by atoms with van der Waals surface area (Å²) in [6.07, 6.45) is 9.70. The minimum Gasteiger partial charge on any atom is -0.444 e. The van der Waals surface area contributed by atoms with Crippen LogP contribution in [0.25, 0.3) is 0 Å². The van der Waals surface area contributed by atoms with E-state index in [1.807, 2.05) is 32.9 Å². The molecule has 8 heteroatoms. The van der Waals surface area contributed by atoms with Crippen molar-refractivity contribution in [1.29, 1.82) is 0 Å². The Morgan fingerprint density at radius 2 is 1.96 bits per heavy atom. The number of alkyl carbamates (subject to hydrolysis) is 1. The van der Waals surface area contributed by atoms with Gasteiger partial charge >= 0.3 is 6.09 Å². The Hall–Kier alpha value is -1.05. The predicted octanol–water partition coefficient (Wildman–Crippen LogP) is 4.12. The Morgan fingerprint density at radius 1 is 1.33 bits per heavy atom. The number of hydrogen-bond donors (Lipinski definition) is 1. The molecule has 2 aliphatic carbocycles. The van der Waals surface area contributed by atoms with E-state index < -0.39 is 21.8 Å². The van der Waals surface area contributed by atoms with Gasteiger partial charge in [-0.1, -0.05) is 23.8 Å². The SMILES string of the molecule is CC(C)(C)OC(=O)NC[C@]1(C2C=CC=C(Cl)C2)CC[C@@H](OS(C)(=O)=O)CC1. The molecule has 0 aromatic heterocycles. The third kappa shape index (κ3) is 7.12. The molecule has 0 aliphatic heterocycles. The van der Waals surface area contributed by atoms with E-state index in [1.165, 1.54) is 0 Å². The quantitative estimate of drug-likeness (QED) is 0.678. The Morgan fingerprint density at radius 3 is 2.48 bits per heavy atom. The number of carbonyl (C=O) groups excluding carboxylic acids is 1. The van der Waals surface area contributed by atoms with E-state index >= 15 is 0 Å². The lowest BCUT2D eigenvalue weighted by Crippen LogP contribution is -2.47. The summed E-state index contributed by atoms with van der Waals surface area (Å²) in [5.74, 6) is 0.170. The zero-order valence-electron chi connectivity index (χ0n) is 16.5. The third-order valence-corrected chi connectivity index (χ3v) is 5.95. The molecule has 27 heavy (non-hydrogen) atoms. The van der Waals surface area contributed by atoms with Gasteiger partial charge in [0.2, 0.25) is 0 Å². The lowest BCUT2D eigenvalue weighted by atomic mass is 9.63. The van der Waals surface area contributed by atoms with Crippen molar-refractivity contribution in [1.82, 2.24) is 5.32 Å². The van der Waals surface area contributed by atoms with Crippen LogP contribution in [0.5, 0.6) is 0 Å². The largest absolute Gasteiger partial charge is 0.444 e. The number of amides is 1. The molecule has 2 rings (SSSR count). The van der Waals surface area contributed by atoms with Crippen LogP contribution in [0.2, 0.25) is 0 Å². The average Bonchev–Trinajstić information content (AvgIpc) is 2.51. The molecule has 0 heterocycles. The lowest BCUT2D eigenvalue weighted by molar-refractivity contribution is 0.0341. The van der Waals surface area contributed by atoms with Crippen molar-refractivity contribution >= 4 is 27.8 Å². The summed E-state index contributed by atoms with van der Waals surface area (Å²) in [6.45, 7) is 5.92. The molecule has 154 valence electrons. The first kappa shape index (κ1) is 22.2. The number of allylic oxidation sites excluding steroid dienone is 4. The highest BCUT2D eigenvalue weighted by Gasteiger charge is 2.42. The molecule has 1 N–H and O–H groups in total. The second kappa shape index (κ2) is 8.53. The van der Waals surface area contributed by atoms with Crippen LogP contribution in [0.3, 0.4) is 0 Å². The van der Waals surface area contributed by atoms with E-state index in [0.717, 1.165) is 24.1 Å². The normalized spacial score (nSPS) is 29.1. The van der Waals surface area contributed by atoms with Crippen LogP contribution in [0, 0.1) is 11.3 Å². The van der Waals surface area contributed by atoms with Crippen molar-refractivity contribution in [2.24, 2.45) is 11.3 Å². The summed E-state index contributed by atoms with van der Waals surface area (Å²) in [4.78, 5) is 12.1. The summed E-state index contributed by atoms with van der Waals surface area (Å²) in [7, 11) is -3.47. The standard InChI is InChI=1S/C19H30ClNO5S/c1-18(2,3)25-17(22)21-13-19(14-6-5-7-15(20)12-14)10-8-16(9-11-19)26-27(4,23)24/h5-7,14,16H,8-13H2,1-4H3,(H,21,22)/t14?,16-,19+. The molecular weight excluding hydrogens is 390 g/mol. The average molecular weight is 420 g/mol. The molecule has 1 atom stereocenters. The summed E-state index contributed by atoms with van der Waals surface area (Å²) < 4.78 is 33.4. The molecule has 1 amide bonds. The van der Waals surface area contributed by atoms with E-state index in [-0.39, 0.29) is 17.4 Å². The fraction of sp³-hybridized carbons (Fsp3) is 0.737. The van der Waals surface area contributed by atoms with Crippen molar-refractivity contribution in [2.45, 2.75) is 64.6 Å². The minimum absolute atomic E-state index is 0.170. The second-order valence-electron chi connectivity index (χ2n) is 8.53. The zero-order chi connectivity index (χ0) is 20.3. The maximum atomic E-state index is 12.1. The number of ether oxygens (including phenoxy) is 1. The fourth-order valence-corrected chi connectivity index (χ4v) is 4.74. The van der Waals surface area contributed by atoms with Gasteiger partial charge in [0.1, 0.15) is 5.60 Å². The van der Waals surface area contributed by atoms with Gasteiger partial charge < -0.3 is 10.1 Å². The Balaban J connectivity index is 2.08. The van der Waals surface area contributed by atoms with Crippen LogP contribution in [0.4, 0.5) is 4.79 Å². The molecule has 2 aliphatic rings. The molecular formula is C19H30ClNO5S. The highest BCUT2D eigenvalue weighted by molar-refractivity contribution is 7.86. The maximum Gasteiger partial charge on any atom is 0.407 e. The van der Waals surface area contributed by atoms with E-state index in [0.29, 0.717) is 25.8 Å². The monoisotopic (exact) mass is 419 g/mol. The minimum atomic E-state index is -3.47. The number of carbonyl (C=O) groups is 1. The number of halogens is 1. The van der Waals surface area contributed by atoms with Gasteiger partial charge in [0, 0.05) is 11.6 Å². The highest BCUT2D eigenvalue weighted by atomic mass is 35.5. The molecule has 0 saturated heterocycles. The first-order valence-corrected chi connectivity index (χ1v) is 11.5. The van der Waals surface area contributed by atoms with Crippen molar-refractivity contribution in [2.75, 3.05) is 12.8 Å². The van der Waals surface area contributed by atoms with E-state index in [2.05, 4.69) is 11.4 Å². The van der Waals surface area contributed by atoms with Gasteiger partial charge in [-0.15, -0.1) is 0 Å². The van der Waals surface area contributed by atoms with E-state index in [1.54, 1.807) is 0 Å². The highest BCUT2D eigenvalue weighted by Crippen LogP contribution is 2.47. The molecule has 1 saturated carbocycles. The summed E-state index contributed by atoms with van der Waals surface area (Å²) in [5, 5.41) is 3.69. The van der Waals surface area contributed by atoms with Crippen LogP contribution >= 0.6 is 11.6 Å². The zero-order valence-corrected chi connectivity index (χ0v) is 18.0. The lowest BCUT2D eigenvalue weighted by Gasteiger charge is -2.45. The Bertz CT molecular complexity index is 700. The Kier molecular flexibility index (Phi) is 7.03. The first-order valence-electron chi connectivity index (χ1n) is 9.27. The van der Waals surface area contributed by atoms with Crippen molar-refractivity contribution in [3.63, 3.8) is 0 Å². The smallest absolute Gasteiger partial charge is 0.407 e. The number of hydrogen-bond acceptors (Lipinski definition) is 5. The molecule has 0 radical (unpaired) electrons. The summed E-state index contributed by atoms with van der Waals surface area (Å²) in [6, 6.07) is 0. The molecule has 1 fully saturated rings. The summed E-state index contributed by atoms with van der Waals surface area (Å²) >= 11 is 6.25. The summed E-state index contributed by atoms with van der Waals surface area (Å²) in [5.41, 5.74) is -0.770. The molecule has 0 aromatic rings. The van der Waals surface area contributed by atoms with Gasteiger partial charge in [0.25, 0.3) is 10.1 Å². The van der Waals surface area contributed by atoms with Crippen molar-refractivity contribution < 1.29 is 22.1 Å². The first-order chi connectivity index (χ1) is 12.4. The van der Waals surface area contributed by atoms with E-state index in [4.69, 9.17) is 20.5 Å². The van der Waals surface area contributed by atoms with Crippen LogP contribution in [0.15, 0.2) is 23.3 Å². The second-order valence-corrected chi connectivity index (χ2v) is 10.6. The predicted molar refractivity (Wildman–Crippen MR) is 106 cm³/mol. The number of rotatable bonds is 5. The Labute approximate surface area is 167 Å². The molecule has 6 nitrogen and oxygen atoms in total. The van der Waals surface area contributed by atoms with Crippen LogP contribution in [-0.2, 0) is 19.0 Å². The van der Waals surface area contributed by atoms with Gasteiger partial charge in [-0.3, -0.25) is 4.18 Å². The molecule has 0 aromatic carbocycles.